The summed E-state index contributed by atoms with van der Waals surface area (Å²) in [7, 11) is 0. The molecule has 2 rings (SSSR count). The zero-order chi connectivity index (χ0) is 9.97. The molecule has 3 nitrogen and oxygen atoms in total. The molecule has 0 bridgehead atoms. The van der Waals surface area contributed by atoms with Crippen LogP contribution < -0.4 is 5.43 Å². The summed E-state index contributed by atoms with van der Waals surface area (Å²) < 4.78 is 5.38. The molecule has 0 spiro atoms. The van der Waals surface area contributed by atoms with E-state index in [1.54, 1.807) is 19.2 Å². The van der Waals surface area contributed by atoms with Crippen molar-refractivity contribution in [1.29, 1.82) is 0 Å². The highest BCUT2D eigenvalue weighted by Gasteiger charge is 2.02. The molecule has 0 saturated heterocycles. The molecule has 0 aliphatic carbocycles. The van der Waals surface area contributed by atoms with Gasteiger partial charge >= 0.3 is 0 Å². The predicted octanol–water partition coefficient (Wildman–Crippen LogP) is 2.01. The van der Waals surface area contributed by atoms with Crippen molar-refractivity contribution in [3.05, 3.63) is 52.5 Å². The Balaban J connectivity index is 2.58. The average molecular weight is 187 g/mol. The molecule has 0 aliphatic heterocycles. The maximum absolute atomic E-state index is 11.2. The molecule has 0 N–H and O–H groups in total. The third-order valence-corrected chi connectivity index (χ3v) is 1.81. The Morgan fingerprint density at radius 1 is 1.29 bits per heavy atom. The molecule has 0 fully saturated rings. The summed E-state index contributed by atoms with van der Waals surface area (Å²) in [6.45, 7) is 1.74. The smallest absolute Gasteiger partial charge is 0.185 e. The van der Waals surface area contributed by atoms with Gasteiger partial charge < -0.3 is 4.42 Å². The molecule has 0 aliphatic rings. The summed E-state index contributed by atoms with van der Waals surface area (Å²) in [5, 5.41) is 0. The number of hydrogen-bond donors (Lipinski definition) is 0. The Morgan fingerprint density at radius 2 is 2.14 bits per heavy atom. The molecule has 0 unspecified atom stereocenters. The quantitative estimate of drug-likeness (QED) is 0.685. The van der Waals surface area contributed by atoms with Gasteiger partial charge in [-0.25, -0.2) is 0 Å². The Labute approximate surface area is 81.0 Å². The molecule has 2 heterocycles. The molecule has 2 aromatic rings. The molecular formula is C11H9NO2. The summed E-state index contributed by atoms with van der Waals surface area (Å²) in [6, 6.07) is 8.36. The molecule has 0 radical (unpaired) electrons. The second-order valence-corrected chi connectivity index (χ2v) is 2.98. The van der Waals surface area contributed by atoms with Crippen molar-refractivity contribution >= 4 is 0 Å². The molecule has 14 heavy (non-hydrogen) atoms. The van der Waals surface area contributed by atoms with E-state index in [-0.39, 0.29) is 5.43 Å². The highest BCUT2D eigenvalue weighted by Crippen LogP contribution is 2.14. The maximum atomic E-state index is 11.2. The molecule has 2 aromatic heterocycles. The fraction of sp³-hybridized carbons (Fsp3) is 0.0909. The zero-order valence-electron chi connectivity index (χ0n) is 7.73. The van der Waals surface area contributed by atoms with Gasteiger partial charge in [-0.2, -0.15) is 0 Å². The lowest BCUT2D eigenvalue weighted by Gasteiger charge is -1.99. The zero-order valence-corrected chi connectivity index (χ0v) is 7.73. The number of aromatic nitrogens is 1. The number of hydrogen-bond acceptors (Lipinski definition) is 3. The van der Waals surface area contributed by atoms with Crippen molar-refractivity contribution < 1.29 is 4.42 Å². The normalized spacial score (nSPS) is 10.1. The van der Waals surface area contributed by atoms with Gasteiger partial charge in [0.05, 0.1) is 0 Å². The van der Waals surface area contributed by atoms with Crippen LogP contribution in [-0.4, -0.2) is 4.98 Å². The highest BCUT2D eigenvalue weighted by molar-refractivity contribution is 5.50. The van der Waals surface area contributed by atoms with Crippen LogP contribution >= 0.6 is 0 Å². The van der Waals surface area contributed by atoms with E-state index in [0.29, 0.717) is 17.2 Å². The molecule has 0 amide bonds. The van der Waals surface area contributed by atoms with E-state index < -0.39 is 0 Å². The Bertz CT molecular complexity index is 488. The van der Waals surface area contributed by atoms with Gasteiger partial charge in [0.1, 0.15) is 11.5 Å². The third kappa shape index (κ3) is 1.71. The first-order valence-corrected chi connectivity index (χ1v) is 4.29. The fourth-order valence-electron chi connectivity index (χ4n) is 1.24. The van der Waals surface area contributed by atoms with Crippen molar-refractivity contribution in [2.45, 2.75) is 6.92 Å². The summed E-state index contributed by atoms with van der Waals surface area (Å²) in [5.41, 5.74) is 0.614. The Kier molecular flexibility index (Phi) is 2.14. The number of pyridine rings is 1. The Morgan fingerprint density at radius 3 is 2.79 bits per heavy atom. The first-order chi connectivity index (χ1) is 6.75. The van der Waals surface area contributed by atoms with Crippen LogP contribution in [0.4, 0.5) is 0 Å². The molecule has 0 saturated carbocycles. The van der Waals surface area contributed by atoms with E-state index in [1.165, 1.54) is 12.1 Å². The van der Waals surface area contributed by atoms with Crippen LogP contribution in [0.15, 0.2) is 45.7 Å². The van der Waals surface area contributed by atoms with Crippen molar-refractivity contribution in [1.82, 2.24) is 4.98 Å². The van der Waals surface area contributed by atoms with Gasteiger partial charge in [-0.1, -0.05) is 6.07 Å². The van der Waals surface area contributed by atoms with E-state index in [1.807, 2.05) is 12.1 Å². The van der Waals surface area contributed by atoms with Gasteiger partial charge in [0, 0.05) is 18.3 Å². The number of aryl methyl sites for hydroxylation is 1. The highest BCUT2D eigenvalue weighted by atomic mass is 16.3. The lowest BCUT2D eigenvalue weighted by atomic mass is 10.2. The van der Waals surface area contributed by atoms with E-state index in [4.69, 9.17) is 4.42 Å². The predicted molar refractivity (Wildman–Crippen MR) is 52.9 cm³/mol. The van der Waals surface area contributed by atoms with Crippen molar-refractivity contribution in [3.63, 3.8) is 0 Å². The van der Waals surface area contributed by atoms with Gasteiger partial charge in [0.2, 0.25) is 0 Å². The molecule has 0 atom stereocenters. The topological polar surface area (TPSA) is 43.1 Å². The van der Waals surface area contributed by atoms with E-state index in [2.05, 4.69) is 4.98 Å². The Hall–Kier alpha value is -1.90. The van der Waals surface area contributed by atoms with Gasteiger partial charge in [0.15, 0.2) is 11.2 Å². The van der Waals surface area contributed by atoms with Crippen molar-refractivity contribution in [2.24, 2.45) is 0 Å². The van der Waals surface area contributed by atoms with E-state index >= 15 is 0 Å². The van der Waals surface area contributed by atoms with Crippen LogP contribution in [0.25, 0.3) is 11.5 Å². The lowest BCUT2D eigenvalue weighted by molar-refractivity contribution is 0.528. The standard InChI is InChI=1S/C11H9NO2/c1-8-6-9(13)7-11(14-8)10-4-2-3-5-12-10/h2-7H,1H3. The summed E-state index contributed by atoms with van der Waals surface area (Å²) in [4.78, 5) is 15.3. The van der Waals surface area contributed by atoms with Crippen LogP contribution in [-0.2, 0) is 0 Å². The van der Waals surface area contributed by atoms with Gasteiger partial charge in [-0.15, -0.1) is 0 Å². The lowest BCUT2D eigenvalue weighted by Crippen LogP contribution is -1.98. The van der Waals surface area contributed by atoms with Crippen molar-refractivity contribution in [2.75, 3.05) is 0 Å². The minimum atomic E-state index is -0.0607. The summed E-state index contributed by atoms with van der Waals surface area (Å²) in [5.74, 6) is 1.11. The van der Waals surface area contributed by atoms with Gasteiger partial charge in [-0.05, 0) is 19.1 Å². The second kappa shape index (κ2) is 3.46. The first-order valence-electron chi connectivity index (χ1n) is 4.29. The van der Waals surface area contributed by atoms with Crippen LogP contribution in [0.1, 0.15) is 5.76 Å². The molecular weight excluding hydrogens is 178 g/mol. The average Bonchev–Trinajstić information content (AvgIpc) is 2.18. The molecule has 3 heteroatoms. The van der Waals surface area contributed by atoms with Crippen molar-refractivity contribution in [3.8, 4) is 11.5 Å². The number of nitrogens with zero attached hydrogens (tertiary/aromatic N) is 1. The minimum Gasteiger partial charge on any atom is -0.459 e. The van der Waals surface area contributed by atoms with Gasteiger partial charge in [0.25, 0.3) is 0 Å². The van der Waals surface area contributed by atoms with E-state index in [9.17, 15) is 4.79 Å². The SMILES string of the molecule is Cc1cc(=O)cc(-c2ccccn2)o1. The fourth-order valence-corrected chi connectivity index (χ4v) is 1.24. The largest absolute Gasteiger partial charge is 0.459 e. The van der Waals surface area contributed by atoms with Gasteiger partial charge in [-0.3, -0.25) is 9.78 Å². The maximum Gasteiger partial charge on any atom is 0.185 e. The summed E-state index contributed by atoms with van der Waals surface area (Å²) >= 11 is 0. The monoisotopic (exact) mass is 187 g/mol. The number of rotatable bonds is 1. The minimum absolute atomic E-state index is 0.0607. The van der Waals surface area contributed by atoms with Crippen LogP contribution in [0.5, 0.6) is 0 Å². The molecule has 70 valence electrons. The first kappa shape index (κ1) is 8.69. The summed E-state index contributed by atoms with van der Waals surface area (Å²) in [6.07, 6.45) is 1.66. The third-order valence-electron chi connectivity index (χ3n) is 1.81. The molecule has 0 aromatic carbocycles. The van der Waals surface area contributed by atoms with E-state index in [0.717, 1.165) is 0 Å². The second-order valence-electron chi connectivity index (χ2n) is 2.98. The van der Waals surface area contributed by atoms with Crippen LogP contribution in [0.3, 0.4) is 0 Å². The van der Waals surface area contributed by atoms with Crippen LogP contribution in [0, 0.1) is 6.92 Å². The van der Waals surface area contributed by atoms with Crippen LogP contribution in [0.2, 0.25) is 0 Å².